The first-order valence-electron chi connectivity index (χ1n) is 10.6. The van der Waals surface area contributed by atoms with E-state index in [1.807, 2.05) is 0 Å². The maximum absolute atomic E-state index is 4.86. The van der Waals surface area contributed by atoms with Crippen molar-refractivity contribution in [2.75, 3.05) is 32.7 Å². The van der Waals surface area contributed by atoms with E-state index in [2.05, 4.69) is 50.1 Å². The van der Waals surface area contributed by atoms with Crippen molar-refractivity contribution in [3.8, 4) is 0 Å². The molecule has 3 heterocycles. The SMILES string of the molecule is c1ccc2c(c1)CC[C@@H](N1CCN(Cc3cc4n(n3)CCCNC4)CC1)C2. The average Bonchev–Trinajstić information content (AvgIpc) is 2.96. The van der Waals surface area contributed by atoms with Crippen molar-refractivity contribution in [3.05, 3.63) is 52.8 Å². The number of rotatable bonds is 3. The Morgan fingerprint density at radius 2 is 1.89 bits per heavy atom. The van der Waals surface area contributed by atoms with E-state index in [9.17, 15) is 0 Å². The van der Waals surface area contributed by atoms with E-state index in [0.29, 0.717) is 0 Å². The van der Waals surface area contributed by atoms with Gasteiger partial charge in [0.1, 0.15) is 0 Å². The highest BCUT2D eigenvalue weighted by Gasteiger charge is 2.27. The highest BCUT2D eigenvalue weighted by atomic mass is 15.3. The smallest absolute Gasteiger partial charge is 0.0768 e. The van der Waals surface area contributed by atoms with Crippen molar-refractivity contribution in [1.82, 2.24) is 24.9 Å². The molecule has 0 radical (unpaired) electrons. The fraction of sp³-hybridized carbons (Fsp3) is 0.591. The second-order valence-corrected chi connectivity index (χ2v) is 8.36. The number of hydrogen-bond donors (Lipinski definition) is 1. The van der Waals surface area contributed by atoms with Crippen LogP contribution in [0.4, 0.5) is 0 Å². The Morgan fingerprint density at radius 1 is 1.04 bits per heavy atom. The lowest BCUT2D eigenvalue weighted by molar-refractivity contribution is 0.0848. The summed E-state index contributed by atoms with van der Waals surface area (Å²) in [7, 11) is 0. The van der Waals surface area contributed by atoms with Gasteiger partial charge < -0.3 is 5.32 Å². The van der Waals surface area contributed by atoms with Gasteiger partial charge in [-0.15, -0.1) is 0 Å². The third kappa shape index (κ3) is 3.82. The van der Waals surface area contributed by atoms with E-state index in [1.54, 1.807) is 11.1 Å². The number of piperazine rings is 1. The molecule has 5 rings (SSSR count). The molecule has 0 unspecified atom stereocenters. The summed E-state index contributed by atoms with van der Waals surface area (Å²) in [6, 6.07) is 12.1. The summed E-state index contributed by atoms with van der Waals surface area (Å²) < 4.78 is 2.21. The number of aromatic nitrogens is 2. The van der Waals surface area contributed by atoms with Crippen molar-refractivity contribution >= 4 is 0 Å². The number of benzene rings is 1. The molecule has 5 nitrogen and oxygen atoms in total. The van der Waals surface area contributed by atoms with Crippen molar-refractivity contribution in [3.63, 3.8) is 0 Å². The van der Waals surface area contributed by atoms with Gasteiger partial charge in [0.05, 0.1) is 11.4 Å². The molecule has 1 atom stereocenters. The molecule has 0 bridgehead atoms. The normalized spacial score (nSPS) is 24.2. The van der Waals surface area contributed by atoms with Gasteiger partial charge in [-0.3, -0.25) is 14.5 Å². The van der Waals surface area contributed by atoms with Gasteiger partial charge in [0, 0.05) is 51.9 Å². The van der Waals surface area contributed by atoms with Crippen LogP contribution in [0.15, 0.2) is 30.3 Å². The Labute approximate surface area is 162 Å². The third-order valence-electron chi connectivity index (χ3n) is 6.57. The summed E-state index contributed by atoms with van der Waals surface area (Å²) in [6.07, 6.45) is 4.97. The molecule has 2 aliphatic heterocycles. The first-order chi connectivity index (χ1) is 13.3. The van der Waals surface area contributed by atoms with E-state index in [4.69, 9.17) is 5.10 Å². The molecule has 1 fully saturated rings. The van der Waals surface area contributed by atoms with Crippen LogP contribution in [0.5, 0.6) is 0 Å². The van der Waals surface area contributed by atoms with Gasteiger partial charge in [-0.05, 0) is 49.4 Å². The molecule has 5 heteroatoms. The third-order valence-corrected chi connectivity index (χ3v) is 6.57. The van der Waals surface area contributed by atoms with Gasteiger partial charge in [0.25, 0.3) is 0 Å². The van der Waals surface area contributed by atoms with Crippen LogP contribution >= 0.6 is 0 Å². The predicted molar refractivity (Wildman–Crippen MR) is 108 cm³/mol. The molecule has 144 valence electrons. The standard InChI is InChI=1S/C22H31N5/c1-2-5-19-14-21(7-6-18(19)4-1)26-12-10-25(11-13-26)17-20-15-22-16-23-8-3-9-27(22)24-20/h1-2,4-5,15,21,23H,3,6-14,16-17H2/t21-/m1/s1. The van der Waals surface area contributed by atoms with Gasteiger partial charge in [-0.2, -0.15) is 5.10 Å². The second kappa shape index (κ2) is 7.74. The van der Waals surface area contributed by atoms with E-state index >= 15 is 0 Å². The summed E-state index contributed by atoms with van der Waals surface area (Å²) >= 11 is 0. The van der Waals surface area contributed by atoms with Crippen LogP contribution in [0, 0.1) is 0 Å². The first-order valence-corrected chi connectivity index (χ1v) is 10.6. The minimum absolute atomic E-state index is 0.733. The zero-order valence-electron chi connectivity index (χ0n) is 16.2. The molecule has 2 aromatic rings. The number of nitrogens with one attached hydrogen (secondary N) is 1. The molecular weight excluding hydrogens is 334 g/mol. The van der Waals surface area contributed by atoms with Crippen molar-refractivity contribution in [2.45, 2.75) is 51.4 Å². The van der Waals surface area contributed by atoms with E-state index in [1.165, 1.54) is 63.3 Å². The number of nitrogens with zero attached hydrogens (tertiary/aromatic N) is 4. The van der Waals surface area contributed by atoms with Gasteiger partial charge >= 0.3 is 0 Å². The van der Waals surface area contributed by atoms with Crippen molar-refractivity contribution < 1.29 is 0 Å². The van der Waals surface area contributed by atoms with Crippen LogP contribution in [-0.4, -0.2) is 58.3 Å². The van der Waals surface area contributed by atoms with E-state index in [0.717, 1.165) is 32.2 Å². The molecule has 0 spiro atoms. The van der Waals surface area contributed by atoms with E-state index in [-0.39, 0.29) is 0 Å². The maximum atomic E-state index is 4.86. The maximum Gasteiger partial charge on any atom is 0.0768 e. The van der Waals surface area contributed by atoms with Crippen LogP contribution in [0.25, 0.3) is 0 Å². The fourth-order valence-electron chi connectivity index (χ4n) is 5.00. The second-order valence-electron chi connectivity index (χ2n) is 8.36. The lowest BCUT2D eigenvalue weighted by Gasteiger charge is -2.41. The molecule has 1 N–H and O–H groups in total. The minimum atomic E-state index is 0.733. The molecule has 0 amide bonds. The topological polar surface area (TPSA) is 36.3 Å². The highest BCUT2D eigenvalue weighted by molar-refractivity contribution is 5.30. The molecule has 1 aromatic heterocycles. The summed E-state index contributed by atoms with van der Waals surface area (Å²) in [4.78, 5) is 5.32. The molecule has 0 saturated carbocycles. The zero-order chi connectivity index (χ0) is 18.1. The van der Waals surface area contributed by atoms with Crippen molar-refractivity contribution in [2.24, 2.45) is 0 Å². The summed E-state index contributed by atoms with van der Waals surface area (Å²) in [5.74, 6) is 0. The predicted octanol–water partition coefficient (Wildman–Crippen LogP) is 2.05. The molecular formula is C22H31N5. The lowest BCUT2D eigenvalue weighted by atomic mass is 9.87. The van der Waals surface area contributed by atoms with Gasteiger partial charge in [0.15, 0.2) is 0 Å². The minimum Gasteiger partial charge on any atom is -0.311 e. The lowest BCUT2D eigenvalue weighted by Crippen LogP contribution is -2.51. The quantitative estimate of drug-likeness (QED) is 0.903. The average molecular weight is 366 g/mol. The number of fused-ring (bicyclic) bond motifs is 2. The van der Waals surface area contributed by atoms with Crippen LogP contribution in [0.1, 0.15) is 35.4 Å². The Morgan fingerprint density at radius 3 is 2.78 bits per heavy atom. The van der Waals surface area contributed by atoms with Crippen LogP contribution in [0.2, 0.25) is 0 Å². The molecule has 3 aliphatic rings. The Bertz CT molecular complexity index is 751. The summed E-state index contributed by atoms with van der Waals surface area (Å²) in [6.45, 7) is 8.85. The van der Waals surface area contributed by atoms with Crippen molar-refractivity contribution in [1.29, 1.82) is 0 Å². The summed E-state index contributed by atoms with van der Waals surface area (Å²) in [5.41, 5.74) is 5.74. The largest absolute Gasteiger partial charge is 0.311 e. The van der Waals surface area contributed by atoms with Crippen LogP contribution in [-0.2, 0) is 32.5 Å². The molecule has 27 heavy (non-hydrogen) atoms. The van der Waals surface area contributed by atoms with Crippen LogP contribution < -0.4 is 5.32 Å². The molecule has 1 saturated heterocycles. The fourth-order valence-corrected chi connectivity index (χ4v) is 5.00. The molecule has 1 aromatic carbocycles. The monoisotopic (exact) mass is 365 g/mol. The number of hydrogen-bond acceptors (Lipinski definition) is 4. The zero-order valence-corrected chi connectivity index (χ0v) is 16.2. The highest BCUT2D eigenvalue weighted by Crippen LogP contribution is 2.25. The summed E-state index contributed by atoms with van der Waals surface area (Å²) in [5, 5.41) is 8.35. The van der Waals surface area contributed by atoms with E-state index < -0.39 is 0 Å². The Balaban J connectivity index is 1.15. The van der Waals surface area contributed by atoms with Gasteiger partial charge in [-0.25, -0.2) is 0 Å². The number of aryl methyl sites for hydroxylation is 2. The van der Waals surface area contributed by atoms with Crippen LogP contribution in [0.3, 0.4) is 0 Å². The Hall–Kier alpha value is -1.69. The van der Waals surface area contributed by atoms with Gasteiger partial charge in [-0.1, -0.05) is 24.3 Å². The first kappa shape index (κ1) is 17.4. The molecule has 1 aliphatic carbocycles. The Kier molecular flexibility index (Phi) is 4.99. The van der Waals surface area contributed by atoms with Gasteiger partial charge in [0.2, 0.25) is 0 Å².